The van der Waals surface area contributed by atoms with Crippen molar-refractivity contribution in [3.63, 3.8) is 0 Å². The van der Waals surface area contributed by atoms with Crippen LogP contribution in [0.25, 0.3) is 0 Å². The second-order valence-electron chi connectivity index (χ2n) is 8.43. The van der Waals surface area contributed by atoms with E-state index in [2.05, 4.69) is 15.2 Å². The second kappa shape index (κ2) is 10.1. The zero-order chi connectivity index (χ0) is 20.8. The smallest absolute Gasteiger partial charge is 0.138 e. The number of aromatic nitrogens is 1. The number of pyridine rings is 1. The number of anilines is 1. The molecule has 1 saturated heterocycles. The van der Waals surface area contributed by atoms with Crippen molar-refractivity contribution in [3.8, 4) is 0 Å². The fourth-order valence-corrected chi connectivity index (χ4v) is 4.42. The molecular weight excluding hydrogens is 362 g/mol. The lowest BCUT2D eigenvalue weighted by molar-refractivity contribution is 0.0534. The topological polar surface area (TPSA) is 85.1 Å². The molecule has 0 aromatic carbocycles. The third-order valence-electron chi connectivity index (χ3n) is 6.01. The summed E-state index contributed by atoms with van der Waals surface area (Å²) in [5.41, 5.74) is 2.67. The highest BCUT2D eigenvalue weighted by Gasteiger charge is 2.32. The van der Waals surface area contributed by atoms with Crippen LogP contribution in [0, 0.1) is 17.7 Å². The zero-order valence-electron chi connectivity index (χ0n) is 18.0. The maximum absolute atomic E-state index is 8.49. The molecule has 3 N–H and O–H groups in total. The molecule has 1 aliphatic carbocycles. The number of methoxy groups -OCH3 is 1. The zero-order valence-corrected chi connectivity index (χ0v) is 18.0. The third kappa shape index (κ3) is 5.73. The summed E-state index contributed by atoms with van der Waals surface area (Å²) in [6.07, 6.45) is 12.9. The molecule has 0 amide bonds. The Morgan fingerprint density at radius 2 is 1.97 bits per heavy atom. The lowest BCUT2D eigenvalue weighted by Crippen LogP contribution is -2.56. The normalized spacial score (nSPS) is 23.5. The average molecular weight is 398 g/mol. The molecule has 1 saturated carbocycles. The van der Waals surface area contributed by atoms with Gasteiger partial charge in [0.2, 0.25) is 0 Å². The Kier molecular flexibility index (Phi) is 7.56. The molecule has 2 fully saturated rings. The summed E-state index contributed by atoms with van der Waals surface area (Å²) < 4.78 is 5.87. The van der Waals surface area contributed by atoms with Gasteiger partial charge in [-0.1, -0.05) is 19.3 Å². The summed E-state index contributed by atoms with van der Waals surface area (Å²) in [4.78, 5) is 6.93. The first-order valence-electron chi connectivity index (χ1n) is 10.8. The maximum atomic E-state index is 8.49. The van der Waals surface area contributed by atoms with Gasteiger partial charge in [-0.2, -0.15) is 0 Å². The molecule has 1 aromatic rings. The van der Waals surface area contributed by atoms with E-state index in [0.717, 1.165) is 36.5 Å². The van der Waals surface area contributed by atoms with Crippen LogP contribution < -0.4 is 10.2 Å². The number of rotatable bonds is 7. The summed E-state index contributed by atoms with van der Waals surface area (Å²) >= 11 is 0. The van der Waals surface area contributed by atoms with E-state index in [9.17, 15) is 0 Å². The Labute approximate surface area is 174 Å². The van der Waals surface area contributed by atoms with Gasteiger partial charge in [0.1, 0.15) is 5.82 Å². The van der Waals surface area contributed by atoms with E-state index >= 15 is 0 Å². The van der Waals surface area contributed by atoms with Crippen molar-refractivity contribution in [2.45, 2.75) is 70.6 Å². The van der Waals surface area contributed by atoms with E-state index in [1.54, 1.807) is 26.2 Å². The van der Waals surface area contributed by atoms with Gasteiger partial charge < -0.3 is 25.8 Å². The Morgan fingerprint density at radius 1 is 1.21 bits per heavy atom. The van der Waals surface area contributed by atoms with Crippen molar-refractivity contribution in [2.75, 3.05) is 25.1 Å². The molecule has 2 heterocycles. The van der Waals surface area contributed by atoms with E-state index in [1.807, 2.05) is 19.2 Å². The van der Waals surface area contributed by atoms with E-state index in [0.29, 0.717) is 23.5 Å². The molecule has 0 spiro atoms. The van der Waals surface area contributed by atoms with Gasteiger partial charge in [-0.25, -0.2) is 4.98 Å². The third-order valence-corrected chi connectivity index (χ3v) is 6.01. The minimum Gasteiger partial charge on any atom is -0.378 e. The SMILES string of the molecule is CO[C@@H]1CN(c2ncc(C)cc2C(=N)/C=C\C(C)=N)CC[C@H]1NC1CCCCC1. The quantitative estimate of drug-likeness (QED) is 0.610. The highest BCUT2D eigenvalue weighted by molar-refractivity contribution is 6.12. The Hall–Kier alpha value is -2.05. The van der Waals surface area contributed by atoms with Crippen LogP contribution in [0.15, 0.2) is 24.4 Å². The van der Waals surface area contributed by atoms with Gasteiger partial charge >= 0.3 is 0 Å². The molecule has 0 radical (unpaired) electrons. The first-order chi connectivity index (χ1) is 14.0. The highest BCUT2D eigenvalue weighted by atomic mass is 16.5. The van der Waals surface area contributed by atoms with Gasteiger partial charge in [-0.3, -0.25) is 0 Å². The second-order valence-corrected chi connectivity index (χ2v) is 8.43. The number of piperidine rings is 1. The van der Waals surface area contributed by atoms with E-state index < -0.39 is 0 Å². The number of hydrogen-bond acceptors (Lipinski definition) is 6. The molecular formula is C23H35N5O. The van der Waals surface area contributed by atoms with Gasteiger partial charge in [0.15, 0.2) is 0 Å². The van der Waals surface area contributed by atoms with Gasteiger partial charge in [-0.05, 0) is 56.9 Å². The largest absolute Gasteiger partial charge is 0.378 e. The Bertz CT molecular complexity index is 754. The standard InChI is InChI=1S/C23H35N5O/c1-16-13-19(20(25)10-9-17(2)24)23(26-14-16)28-12-11-21(22(15-28)29-3)27-18-7-5-4-6-8-18/h9-10,13-14,18,21-22,24-25,27H,4-8,11-12,15H2,1-3H3/b10-9-,24-17?,25-20?/t21-,22-/m1/s1. The maximum Gasteiger partial charge on any atom is 0.138 e. The minimum atomic E-state index is 0.107. The molecule has 2 aliphatic rings. The monoisotopic (exact) mass is 397 g/mol. The average Bonchev–Trinajstić information content (AvgIpc) is 2.73. The van der Waals surface area contributed by atoms with Crippen molar-refractivity contribution in [2.24, 2.45) is 0 Å². The fourth-order valence-electron chi connectivity index (χ4n) is 4.42. The molecule has 1 aromatic heterocycles. The van der Waals surface area contributed by atoms with E-state index in [4.69, 9.17) is 15.6 Å². The number of allylic oxidation sites excluding steroid dienone is 2. The van der Waals surface area contributed by atoms with E-state index in [-0.39, 0.29) is 6.10 Å². The summed E-state index contributed by atoms with van der Waals surface area (Å²) in [5, 5.41) is 19.9. The van der Waals surface area contributed by atoms with Gasteiger partial charge in [0.05, 0.1) is 11.8 Å². The summed E-state index contributed by atoms with van der Waals surface area (Å²) in [6, 6.07) is 3.00. The number of aryl methyl sites for hydroxylation is 1. The number of nitrogens with zero attached hydrogens (tertiary/aromatic N) is 2. The number of ether oxygens (including phenoxy) is 1. The van der Waals surface area contributed by atoms with Crippen LogP contribution in [-0.2, 0) is 4.74 Å². The fraction of sp³-hybridized carbons (Fsp3) is 0.609. The number of hydrogen-bond donors (Lipinski definition) is 3. The van der Waals surface area contributed by atoms with Crippen molar-refractivity contribution >= 4 is 17.2 Å². The molecule has 158 valence electrons. The molecule has 29 heavy (non-hydrogen) atoms. The minimum absolute atomic E-state index is 0.107. The highest BCUT2D eigenvalue weighted by Crippen LogP contribution is 2.26. The van der Waals surface area contributed by atoms with Crippen molar-refractivity contribution < 1.29 is 4.74 Å². The number of nitrogens with one attached hydrogen (secondary N) is 3. The van der Waals surface area contributed by atoms with Crippen molar-refractivity contribution in [3.05, 3.63) is 35.5 Å². The van der Waals surface area contributed by atoms with Gasteiger partial charge in [0.25, 0.3) is 0 Å². The molecule has 6 nitrogen and oxygen atoms in total. The van der Waals surface area contributed by atoms with Crippen molar-refractivity contribution in [1.82, 2.24) is 10.3 Å². The van der Waals surface area contributed by atoms with Crippen LogP contribution in [-0.4, -0.2) is 54.8 Å². The first kappa shape index (κ1) is 21.7. The molecule has 6 heteroatoms. The molecule has 0 bridgehead atoms. The molecule has 2 atom stereocenters. The van der Waals surface area contributed by atoms with Gasteiger partial charge in [0, 0.05) is 49.8 Å². The van der Waals surface area contributed by atoms with Crippen LogP contribution in [0.2, 0.25) is 0 Å². The van der Waals surface area contributed by atoms with Crippen LogP contribution in [0.1, 0.15) is 56.6 Å². The summed E-state index contributed by atoms with van der Waals surface area (Å²) in [5.74, 6) is 0.839. The predicted octanol–water partition coefficient (Wildman–Crippen LogP) is 3.87. The van der Waals surface area contributed by atoms with Crippen LogP contribution >= 0.6 is 0 Å². The van der Waals surface area contributed by atoms with Crippen molar-refractivity contribution in [1.29, 1.82) is 10.8 Å². The van der Waals surface area contributed by atoms with E-state index in [1.165, 1.54) is 32.1 Å². The molecule has 0 unspecified atom stereocenters. The molecule has 1 aliphatic heterocycles. The lowest BCUT2D eigenvalue weighted by atomic mass is 9.92. The Morgan fingerprint density at radius 3 is 2.66 bits per heavy atom. The summed E-state index contributed by atoms with van der Waals surface area (Å²) in [7, 11) is 1.80. The van der Waals surface area contributed by atoms with Gasteiger partial charge in [-0.15, -0.1) is 0 Å². The van der Waals surface area contributed by atoms with Crippen LogP contribution in [0.3, 0.4) is 0 Å². The van der Waals surface area contributed by atoms with Crippen LogP contribution in [0.5, 0.6) is 0 Å². The predicted molar refractivity (Wildman–Crippen MR) is 120 cm³/mol. The lowest BCUT2D eigenvalue weighted by Gasteiger charge is -2.41. The first-order valence-corrected chi connectivity index (χ1v) is 10.8. The Balaban J connectivity index is 1.74. The summed E-state index contributed by atoms with van der Waals surface area (Å²) in [6.45, 7) is 5.38. The van der Waals surface area contributed by atoms with Crippen LogP contribution in [0.4, 0.5) is 5.82 Å². The molecule has 3 rings (SSSR count).